The molecule has 4 heteroatoms. The Kier molecular flexibility index (Phi) is 4.78. The monoisotopic (exact) mass is 209 g/mol. The van der Waals surface area contributed by atoms with Crippen molar-refractivity contribution in [2.45, 2.75) is 11.9 Å². The van der Waals surface area contributed by atoms with Gasteiger partial charge in [-0.25, -0.2) is 9.78 Å². The van der Waals surface area contributed by atoms with Crippen LogP contribution in [0.25, 0.3) is 0 Å². The maximum Gasteiger partial charge on any atom is 0.331 e. The van der Waals surface area contributed by atoms with Crippen LogP contribution in [0.5, 0.6) is 0 Å². The average Bonchev–Trinajstić information content (AvgIpc) is 2.20. The summed E-state index contributed by atoms with van der Waals surface area (Å²) in [5, 5.41) is 2.52. The summed E-state index contributed by atoms with van der Waals surface area (Å²) in [7, 11) is 0. The van der Waals surface area contributed by atoms with Gasteiger partial charge in [0, 0.05) is 12.3 Å². The summed E-state index contributed by atoms with van der Waals surface area (Å²) in [6.45, 7) is 2.18. The highest BCUT2D eigenvalue weighted by Crippen LogP contribution is 2.14. The third-order valence-electron chi connectivity index (χ3n) is 1.32. The van der Waals surface area contributed by atoms with E-state index in [4.69, 9.17) is 4.74 Å². The summed E-state index contributed by atoms with van der Waals surface area (Å²) >= 11 is 1.38. The Labute approximate surface area is 87.2 Å². The van der Waals surface area contributed by atoms with Gasteiger partial charge in [-0.15, -0.1) is 0 Å². The normalized spacial score (nSPS) is 10.4. The molecule has 0 aliphatic carbocycles. The van der Waals surface area contributed by atoms with Crippen molar-refractivity contribution in [3.63, 3.8) is 0 Å². The molecule has 14 heavy (non-hydrogen) atoms. The molecule has 1 heterocycles. The van der Waals surface area contributed by atoms with Gasteiger partial charge in [0.25, 0.3) is 0 Å². The first-order valence-corrected chi connectivity index (χ1v) is 5.12. The molecule has 0 bridgehead atoms. The van der Waals surface area contributed by atoms with Gasteiger partial charge in [0.2, 0.25) is 0 Å². The van der Waals surface area contributed by atoms with E-state index in [-0.39, 0.29) is 5.97 Å². The summed E-state index contributed by atoms with van der Waals surface area (Å²) in [4.78, 5) is 15.0. The van der Waals surface area contributed by atoms with Crippen molar-refractivity contribution in [2.24, 2.45) is 0 Å². The first-order valence-electron chi connectivity index (χ1n) is 4.24. The Morgan fingerprint density at radius 2 is 2.50 bits per heavy atom. The Balaban J connectivity index is 2.37. The second kappa shape index (κ2) is 6.21. The van der Waals surface area contributed by atoms with Crippen molar-refractivity contribution in [3.8, 4) is 0 Å². The molecule has 0 spiro atoms. The molecule has 0 saturated heterocycles. The molecule has 0 saturated carbocycles. The fraction of sp³-hybridized carbons (Fsp3) is 0.200. The summed E-state index contributed by atoms with van der Waals surface area (Å²) in [6.07, 6.45) is 3.10. The molecule has 0 fully saturated rings. The van der Waals surface area contributed by atoms with E-state index < -0.39 is 0 Å². The van der Waals surface area contributed by atoms with Crippen LogP contribution >= 0.6 is 11.8 Å². The van der Waals surface area contributed by atoms with Crippen molar-refractivity contribution in [1.29, 1.82) is 0 Å². The van der Waals surface area contributed by atoms with Crippen molar-refractivity contribution >= 4 is 17.7 Å². The van der Waals surface area contributed by atoms with E-state index in [1.807, 2.05) is 18.2 Å². The smallest absolute Gasteiger partial charge is 0.331 e. The molecule has 74 valence electrons. The van der Waals surface area contributed by atoms with Gasteiger partial charge < -0.3 is 4.74 Å². The number of pyridine rings is 1. The van der Waals surface area contributed by atoms with E-state index >= 15 is 0 Å². The summed E-state index contributed by atoms with van der Waals surface area (Å²) < 4.78 is 4.72. The lowest BCUT2D eigenvalue weighted by atomic mass is 10.5. The zero-order valence-electron chi connectivity index (χ0n) is 7.84. The fourth-order valence-corrected chi connectivity index (χ4v) is 1.36. The highest BCUT2D eigenvalue weighted by atomic mass is 32.2. The van der Waals surface area contributed by atoms with Crippen LogP contribution in [0.15, 0.2) is 40.9 Å². The number of thioether (sulfide) groups is 1. The van der Waals surface area contributed by atoms with Crippen LogP contribution in [0.2, 0.25) is 0 Å². The molecule has 0 aliphatic heterocycles. The SMILES string of the molecule is CCOC(=O)/C=C/Sc1ccccn1. The van der Waals surface area contributed by atoms with E-state index in [1.54, 1.807) is 18.5 Å². The van der Waals surface area contributed by atoms with Crippen molar-refractivity contribution in [1.82, 2.24) is 4.98 Å². The molecule has 0 unspecified atom stereocenters. The zero-order valence-corrected chi connectivity index (χ0v) is 8.66. The van der Waals surface area contributed by atoms with Crippen LogP contribution in [-0.4, -0.2) is 17.6 Å². The second-order valence-corrected chi connectivity index (χ2v) is 3.27. The predicted molar refractivity (Wildman–Crippen MR) is 55.9 cm³/mol. The number of carbonyl (C=O) groups excluding carboxylic acids is 1. The number of hydrogen-bond donors (Lipinski definition) is 0. The van der Waals surface area contributed by atoms with Crippen LogP contribution in [-0.2, 0) is 9.53 Å². The van der Waals surface area contributed by atoms with Crippen molar-refractivity contribution in [2.75, 3.05) is 6.61 Å². The third-order valence-corrected chi connectivity index (χ3v) is 2.07. The molecule has 1 aromatic heterocycles. The minimum absolute atomic E-state index is 0.323. The lowest BCUT2D eigenvalue weighted by molar-refractivity contribution is -0.137. The van der Waals surface area contributed by atoms with Gasteiger partial charge in [0.15, 0.2) is 0 Å². The molecule has 0 radical (unpaired) electrons. The highest BCUT2D eigenvalue weighted by molar-refractivity contribution is 8.02. The van der Waals surface area contributed by atoms with Gasteiger partial charge in [-0.05, 0) is 24.5 Å². The number of aromatic nitrogens is 1. The number of nitrogens with zero attached hydrogens (tertiary/aromatic N) is 1. The van der Waals surface area contributed by atoms with Crippen molar-refractivity contribution < 1.29 is 9.53 Å². The van der Waals surface area contributed by atoms with E-state index in [0.717, 1.165) is 5.03 Å². The van der Waals surface area contributed by atoms with Crippen molar-refractivity contribution in [3.05, 3.63) is 35.9 Å². The summed E-state index contributed by atoms with van der Waals surface area (Å²) in [5.41, 5.74) is 0. The number of carbonyl (C=O) groups is 1. The molecule has 0 atom stereocenters. The highest BCUT2D eigenvalue weighted by Gasteiger charge is 1.93. The standard InChI is InChI=1S/C10H11NO2S/c1-2-13-10(12)6-8-14-9-5-3-4-7-11-9/h3-8H,2H2,1H3/b8-6+. The summed E-state index contributed by atoms with van der Waals surface area (Å²) in [6, 6.07) is 5.62. The molecule has 0 aliphatic rings. The van der Waals surface area contributed by atoms with Gasteiger partial charge in [-0.3, -0.25) is 0 Å². The minimum atomic E-state index is -0.323. The molecule has 1 aromatic rings. The Bertz CT molecular complexity index is 311. The molecule has 0 amide bonds. The van der Waals surface area contributed by atoms with Gasteiger partial charge in [0.1, 0.15) is 5.03 Å². The van der Waals surface area contributed by atoms with Crippen LogP contribution in [0.4, 0.5) is 0 Å². The maximum absolute atomic E-state index is 10.9. The van der Waals surface area contributed by atoms with E-state index in [2.05, 4.69) is 4.98 Å². The first kappa shape index (κ1) is 10.8. The van der Waals surface area contributed by atoms with Crippen LogP contribution in [0.1, 0.15) is 6.92 Å². The Morgan fingerprint density at radius 1 is 1.64 bits per heavy atom. The van der Waals surface area contributed by atoms with Gasteiger partial charge in [-0.1, -0.05) is 17.8 Å². The Hall–Kier alpha value is -1.29. The quantitative estimate of drug-likeness (QED) is 0.433. The maximum atomic E-state index is 10.9. The van der Waals surface area contributed by atoms with Crippen LogP contribution in [0.3, 0.4) is 0 Å². The molecule has 3 nitrogen and oxygen atoms in total. The molecular formula is C10H11NO2S. The Morgan fingerprint density at radius 3 is 3.14 bits per heavy atom. The van der Waals surface area contributed by atoms with E-state index in [9.17, 15) is 4.79 Å². The number of rotatable bonds is 4. The summed E-state index contributed by atoms with van der Waals surface area (Å²) in [5.74, 6) is -0.323. The predicted octanol–water partition coefficient (Wildman–Crippen LogP) is 2.25. The van der Waals surface area contributed by atoms with Crippen LogP contribution in [0, 0.1) is 0 Å². The lowest BCUT2D eigenvalue weighted by Crippen LogP contribution is -1.98. The largest absolute Gasteiger partial charge is 0.463 e. The molecule has 0 N–H and O–H groups in total. The minimum Gasteiger partial charge on any atom is -0.463 e. The third kappa shape index (κ3) is 4.09. The van der Waals surface area contributed by atoms with Gasteiger partial charge in [-0.2, -0.15) is 0 Å². The topological polar surface area (TPSA) is 39.2 Å². The van der Waals surface area contributed by atoms with E-state index in [1.165, 1.54) is 17.8 Å². The number of esters is 1. The fourth-order valence-electron chi connectivity index (χ4n) is 0.766. The average molecular weight is 209 g/mol. The molecule has 1 rings (SSSR count). The van der Waals surface area contributed by atoms with Gasteiger partial charge >= 0.3 is 5.97 Å². The molecular weight excluding hydrogens is 198 g/mol. The van der Waals surface area contributed by atoms with Gasteiger partial charge in [0.05, 0.1) is 6.61 Å². The van der Waals surface area contributed by atoms with E-state index in [0.29, 0.717) is 6.61 Å². The zero-order chi connectivity index (χ0) is 10.2. The lowest BCUT2D eigenvalue weighted by Gasteiger charge is -1.94. The van der Waals surface area contributed by atoms with Crippen LogP contribution < -0.4 is 0 Å². The second-order valence-electron chi connectivity index (χ2n) is 2.34. The first-order chi connectivity index (χ1) is 6.83. The molecule has 0 aromatic carbocycles. The number of hydrogen-bond acceptors (Lipinski definition) is 4. The number of ether oxygens (including phenoxy) is 1.